The fourth-order valence-electron chi connectivity index (χ4n) is 4.16. The van der Waals surface area contributed by atoms with Crippen LogP contribution in [-0.2, 0) is 4.74 Å². The number of aromatic nitrogens is 1. The average Bonchev–Trinajstić information content (AvgIpc) is 2.86. The normalized spacial score (nSPS) is 19.5. The van der Waals surface area contributed by atoms with E-state index in [1.165, 1.54) is 5.69 Å². The van der Waals surface area contributed by atoms with Crippen molar-refractivity contribution in [3.8, 4) is 17.0 Å². The van der Waals surface area contributed by atoms with Crippen molar-refractivity contribution in [1.29, 1.82) is 0 Å². The summed E-state index contributed by atoms with van der Waals surface area (Å²) >= 11 is 0. The van der Waals surface area contributed by atoms with E-state index >= 15 is 0 Å². The Balaban J connectivity index is 1.33. The van der Waals surface area contributed by atoms with E-state index in [0.29, 0.717) is 19.6 Å². The fraction of sp³-hybridized carbons (Fsp3) is 0.345. The molecule has 3 aromatic rings. The van der Waals surface area contributed by atoms with Crippen molar-refractivity contribution >= 4 is 16.6 Å². The summed E-state index contributed by atoms with van der Waals surface area (Å²) in [6.07, 6.45) is 8.05. The quantitative estimate of drug-likeness (QED) is 0.299. The topological polar surface area (TPSA) is 54.8 Å². The molecule has 0 fully saturated rings. The lowest BCUT2D eigenvalue weighted by molar-refractivity contribution is -0.189. The molecular formula is C29H34N2O3. The molecule has 5 heteroatoms. The Morgan fingerprint density at radius 1 is 0.971 bits per heavy atom. The van der Waals surface area contributed by atoms with Crippen molar-refractivity contribution in [3.63, 3.8) is 0 Å². The molecule has 0 spiro atoms. The largest absolute Gasteiger partial charge is 0.493 e. The van der Waals surface area contributed by atoms with Crippen LogP contribution in [0.2, 0.25) is 0 Å². The molecule has 1 aromatic heterocycles. The zero-order valence-electron chi connectivity index (χ0n) is 20.3. The summed E-state index contributed by atoms with van der Waals surface area (Å²) in [4.78, 5) is 7.18. The van der Waals surface area contributed by atoms with Gasteiger partial charge in [-0.3, -0.25) is 0 Å². The monoisotopic (exact) mass is 458 g/mol. The Labute approximate surface area is 202 Å². The van der Waals surface area contributed by atoms with Crippen LogP contribution in [0, 0.1) is 5.92 Å². The minimum Gasteiger partial charge on any atom is -0.493 e. The van der Waals surface area contributed by atoms with Crippen LogP contribution >= 0.6 is 0 Å². The lowest BCUT2D eigenvalue weighted by Gasteiger charge is -2.31. The molecule has 2 unspecified atom stereocenters. The Morgan fingerprint density at radius 2 is 1.76 bits per heavy atom. The molecule has 4 rings (SSSR count). The standard InChI is InChI=1S/C29H34N2O3/c1-4-31(5-2)25-13-10-23(11-14-25)27-16-12-24-21-26(15-17-28(24)30-27)33-19-8-20-34-29(32)18-7-6-9-22(29)3/h6-7,9-18,21-22,32H,4-5,8,19-20H2,1-3H3. The first-order chi connectivity index (χ1) is 16.5. The van der Waals surface area contributed by atoms with Crippen LogP contribution in [0.25, 0.3) is 22.2 Å². The summed E-state index contributed by atoms with van der Waals surface area (Å²) in [6, 6.07) is 18.7. The zero-order chi connectivity index (χ0) is 24.0. The molecule has 34 heavy (non-hydrogen) atoms. The molecule has 0 saturated heterocycles. The zero-order valence-corrected chi connectivity index (χ0v) is 20.3. The molecule has 0 radical (unpaired) electrons. The summed E-state index contributed by atoms with van der Waals surface area (Å²) in [7, 11) is 0. The van der Waals surface area contributed by atoms with Gasteiger partial charge in [-0.2, -0.15) is 0 Å². The van der Waals surface area contributed by atoms with Crippen LogP contribution in [0.15, 0.2) is 78.9 Å². The molecule has 1 heterocycles. The van der Waals surface area contributed by atoms with Crippen LogP contribution in [-0.4, -0.2) is 42.2 Å². The van der Waals surface area contributed by atoms with Crippen molar-refractivity contribution in [2.75, 3.05) is 31.2 Å². The molecule has 1 N–H and O–H groups in total. The van der Waals surface area contributed by atoms with E-state index in [-0.39, 0.29) is 5.92 Å². The van der Waals surface area contributed by atoms with Gasteiger partial charge in [-0.05, 0) is 56.3 Å². The average molecular weight is 459 g/mol. The Hall–Kier alpha value is -3.15. The third-order valence-electron chi connectivity index (χ3n) is 6.34. The number of nitrogens with zero attached hydrogens (tertiary/aromatic N) is 2. The lowest BCUT2D eigenvalue weighted by atomic mass is 9.96. The molecule has 178 valence electrons. The van der Waals surface area contributed by atoms with Crippen molar-refractivity contribution < 1.29 is 14.6 Å². The number of ether oxygens (including phenoxy) is 2. The van der Waals surface area contributed by atoms with Crippen LogP contribution < -0.4 is 9.64 Å². The van der Waals surface area contributed by atoms with Gasteiger partial charge >= 0.3 is 0 Å². The lowest BCUT2D eigenvalue weighted by Crippen LogP contribution is -2.38. The molecule has 2 atom stereocenters. The van der Waals surface area contributed by atoms with E-state index < -0.39 is 5.79 Å². The van der Waals surface area contributed by atoms with Gasteiger partial charge in [0.1, 0.15) is 5.75 Å². The van der Waals surface area contributed by atoms with E-state index in [9.17, 15) is 5.11 Å². The van der Waals surface area contributed by atoms with Gasteiger partial charge < -0.3 is 19.5 Å². The second-order valence-electron chi connectivity index (χ2n) is 8.61. The number of benzene rings is 2. The Morgan fingerprint density at radius 3 is 2.50 bits per heavy atom. The van der Waals surface area contributed by atoms with Gasteiger partial charge in [-0.25, -0.2) is 4.98 Å². The van der Waals surface area contributed by atoms with Crippen molar-refractivity contribution in [2.45, 2.75) is 33.0 Å². The molecule has 1 aliphatic rings. The SMILES string of the molecule is CCN(CC)c1ccc(-c2ccc3cc(OCCCOC4(O)C=CC=CC4C)ccc3n2)cc1. The Kier molecular flexibility index (Phi) is 7.66. The van der Waals surface area contributed by atoms with Gasteiger partial charge in [-0.15, -0.1) is 0 Å². The maximum Gasteiger partial charge on any atom is 0.191 e. The summed E-state index contributed by atoms with van der Waals surface area (Å²) in [5.41, 5.74) is 4.24. The van der Waals surface area contributed by atoms with E-state index in [0.717, 1.165) is 41.0 Å². The van der Waals surface area contributed by atoms with Gasteiger partial charge in [0.15, 0.2) is 5.79 Å². The van der Waals surface area contributed by atoms with E-state index in [1.807, 2.05) is 43.4 Å². The van der Waals surface area contributed by atoms with Gasteiger partial charge in [0, 0.05) is 42.1 Å². The second kappa shape index (κ2) is 10.9. The first-order valence-corrected chi connectivity index (χ1v) is 12.1. The molecule has 0 amide bonds. The minimum absolute atomic E-state index is 0.0726. The van der Waals surface area contributed by atoms with E-state index in [4.69, 9.17) is 14.5 Å². The number of allylic oxidation sites excluding steroid dienone is 2. The summed E-state index contributed by atoms with van der Waals surface area (Å²) in [6.45, 7) is 9.21. The second-order valence-corrected chi connectivity index (χ2v) is 8.61. The minimum atomic E-state index is -1.23. The maximum absolute atomic E-state index is 10.5. The number of pyridine rings is 1. The van der Waals surface area contributed by atoms with E-state index in [2.05, 4.69) is 55.1 Å². The van der Waals surface area contributed by atoms with Crippen molar-refractivity contribution in [1.82, 2.24) is 4.98 Å². The maximum atomic E-state index is 10.5. The van der Waals surface area contributed by atoms with Crippen LogP contribution in [0.5, 0.6) is 5.75 Å². The van der Waals surface area contributed by atoms with Gasteiger partial charge in [0.2, 0.25) is 0 Å². The Bertz CT molecular complexity index is 1150. The highest BCUT2D eigenvalue weighted by atomic mass is 16.6. The first kappa shape index (κ1) is 24.0. The van der Waals surface area contributed by atoms with Gasteiger partial charge in [-0.1, -0.05) is 43.4 Å². The van der Waals surface area contributed by atoms with Crippen molar-refractivity contribution in [3.05, 3.63) is 78.9 Å². The number of rotatable bonds is 10. The van der Waals surface area contributed by atoms with E-state index in [1.54, 1.807) is 6.08 Å². The van der Waals surface area contributed by atoms with Crippen LogP contribution in [0.1, 0.15) is 27.2 Å². The first-order valence-electron chi connectivity index (χ1n) is 12.1. The molecule has 5 nitrogen and oxygen atoms in total. The van der Waals surface area contributed by atoms with Crippen molar-refractivity contribution in [2.24, 2.45) is 5.92 Å². The molecule has 0 bridgehead atoms. The number of hydrogen-bond donors (Lipinski definition) is 1. The number of fused-ring (bicyclic) bond motifs is 1. The van der Waals surface area contributed by atoms with Crippen LogP contribution in [0.4, 0.5) is 5.69 Å². The third kappa shape index (κ3) is 5.49. The molecule has 0 aliphatic heterocycles. The van der Waals surface area contributed by atoms with Crippen LogP contribution in [0.3, 0.4) is 0 Å². The third-order valence-corrected chi connectivity index (χ3v) is 6.34. The molecular weight excluding hydrogens is 424 g/mol. The molecule has 1 aliphatic carbocycles. The summed E-state index contributed by atoms with van der Waals surface area (Å²) < 4.78 is 11.6. The summed E-state index contributed by atoms with van der Waals surface area (Å²) in [5, 5.41) is 11.6. The predicted molar refractivity (Wildman–Crippen MR) is 139 cm³/mol. The molecule has 0 saturated carbocycles. The predicted octanol–water partition coefficient (Wildman–Crippen LogP) is 5.98. The highest BCUT2D eigenvalue weighted by molar-refractivity contribution is 5.83. The van der Waals surface area contributed by atoms with Gasteiger partial charge in [0.05, 0.1) is 24.4 Å². The highest BCUT2D eigenvalue weighted by Crippen LogP contribution is 2.27. The highest BCUT2D eigenvalue weighted by Gasteiger charge is 2.31. The number of hydrogen-bond acceptors (Lipinski definition) is 5. The number of aliphatic hydroxyl groups is 1. The number of anilines is 1. The smallest absolute Gasteiger partial charge is 0.191 e. The fourth-order valence-corrected chi connectivity index (χ4v) is 4.16. The summed E-state index contributed by atoms with van der Waals surface area (Å²) in [5.74, 6) is -0.498. The van der Waals surface area contributed by atoms with Gasteiger partial charge in [0.25, 0.3) is 0 Å². The molecule has 2 aromatic carbocycles.